The minimum atomic E-state index is -1.04. The van der Waals surface area contributed by atoms with E-state index < -0.39 is 17.8 Å². The number of phenolic OH excluding ortho intramolecular Hbond substituents is 1. The Kier molecular flexibility index (Phi) is 6.78. The third-order valence-corrected chi connectivity index (χ3v) is 7.45. The number of carboxylic acids is 1. The van der Waals surface area contributed by atoms with Gasteiger partial charge in [-0.2, -0.15) is 0 Å². The van der Waals surface area contributed by atoms with Gasteiger partial charge in [0, 0.05) is 34.1 Å². The second-order valence-corrected chi connectivity index (χ2v) is 10.2. The Morgan fingerprint density at radius 1 is 0.946 bits per heavy atom. The number of rotatable bonds is 7. The number of imide groups is 1. The molecule has 4 aromatic carbocycles. The Balaban J connectivity index is 1.39. The van der Waals surface area contributed by atoms with Gasteiger partial charge in [0.15, 0.2) is 0 Å². The number of phenols is 1. The number of anilines is 1. The molecule has 0 unspecified atom stereocenters. The van der Waals surface area contributed by atoms with E-state index in [1.54, 1.807) is 36.4 Å². The van der Waals surface area contributed by atoms with Crippen molar-refractivity contribution in [1.29, 1.82) is 0 Å². The van der Waals surface area contributed by atoms with Crippen molar-refractivity contribution in [2.24, 2.45) is 0 Å². The van der Waals surface area contributed by atoms with Crippen molar-refractivity contribution in [3.8, 4) is 5.75 Å². The quantitative estimate of drug-likeness (QED) is 0.173. The lowest BCUT2D eigenvalue weighted by Gasteiger charge is -2.28. The molecule has 5 rings (SSSR count). The third kappa shape index (κ3) is 4.74. The van der Waals surface area contributed by atoms with Crippen LogP contribution < -0.4 is 5.32 Å². The Morgan fingerprint density at radius 2 is 1.65 bits per heavy atom. The molecule has 3 N–H and O–H groups in total. The van der Waals surface area contributed by atoms with Crippen LogP contribution >= 0.6 is 34.2 Å². The van der Waals surface area contributed by atoms with E-state index in [1.807, 2.05) is 40.8 Å². The molecule has 0 atom stereocenters. The molecule has 0 aliphatic carbocycles. The molecule has 0 saturated heterocycles. The Morgan fingerprint density at radius 3 is 2.32 bits per heavy atom. The first kappa shape index (κ1) is 25.0. The summed E-state index contributed by atoms with van der Waals surface area (Å²) < 4.78 is 0.682. The monoisotopic (exact) mass is 626 g/mol. The van der Waals surface area contributed by atoms with Gasteiger partial charge in [-0.3, -0.25) is 14.5 Å². The minimum absolute atomic E-state index is 0.0430. The van der Waals surface area contributed by atoms with Gasteiger partial charge < -0.3 is 15.5 Å². The van der Waals surface area contributed by atoms with Crippen LogP contribution in [-0.4, -0.2) is 39.4 Å². The second kappa shape index (κ2) is 10.0. The first-order chi connectivity index (χ1) is 17.7. The van der Waals surface area contributed by atoms with Gasteiger partial charge in [-0.1, -0.05) is 35.9 Å². The third-order valence-electron chi connectivity index (χ3n) is 6.34. The van der Waals surface area contributed by atoms with Crippen molar-refractivity contribution in [2.45, 2.75) is 13.0 Å². The Hall–Kier alpha value is -3.63. The molecule has 186 valence electrons. The summed E-state index contributed by atoms with van der Waals surface area (Å²) in [5, 5.41) is 24.1. The van der Waals surface area contributed by atoms with Crippen LogP contribution in [0.15, 0.2) is 66.7 Å². The normalized spacial score (nSPS) is 12.8. The number of hydrogen-bond donors (Lipinski definition) is 3. The highest BCUT2D eigenvalue weighted by atomic mass is 127. The average Bonchev–Trinajstić information content (AvgIpc) is 2.89. The summed E-state index contributed by atoms with van der Waals surface area (Å²) in [5.74, 6) is -1.75. The fraction of sp³-hybridized carbons (Fsp3) is 0.107. The van der Waals surface area contributed by atoms with E-state index >= 15 is 0 Å². The number of aromatic hydroxyl groups is 1. The number of aromatic carboxylic acids is 1. The zero-order valence-electron chi connectivity index (χ0n) is 19.3. The van der Waals surface area contributed by atoms with Crippen LogP contribution in [0.2, 0.25) is 5.02 Å². The van der Waals surface area contributed by atoms with E-state index in [0.717, 1.165) is 16.6 Å². The van der Waals surface area contributed by atoms with E-state index in [0.29, 0.717) is 43.6 Å². The molecule has 1 heterocycles. The van der Waals surface area contributed by atoms with Crippen LogP contribution in [0.4, 0.5) is 5.69 Å². The number of carbonyl (C=O) groups is 3. The van der Waals surface area contributed by atoms with Gasteiger partial charge in [0.05, 0.1) is 20.7 Å². The van der Waals surface area contributed by atoms with Crippen LogP contribution in [0, 0.1) is 3.57 Å². The van der Waals surface area contributed by atoms with Gasteiger partial charge in [-0.15, -0.1) is 0 Å². The lowest BCUT2D eigenvalue weighted by Crippen LogP contribution is -2.39. The maximum absolute atomic E-state index is 13.4. The van der Waals surface area contributed by atoms with Crippen molar-refractivity contribution in [2.75, 3.05) is 11.9 Å². The zero-order valence-corrected chi connectivity index (χ0v) is 22.2. The fourth-order valence-electron chi connectivity index (χ4n) is 4.48. The van der Waals surface area contributed by atoms with Crippen LogP contribution in [0.25, 0.3) is 10.8 Å². The summed E-state index contributed by atoms with van der Waals surface area (Å²) >= 11 is 8.13. The van der Waals surface area contributed by atoms with Crippen LogP contribution in [0.5, 0.6) is 5.75 Å². The molecule has 0 spiro atoms. The number of halogens is 2. The van der Waals surface area contributed by atoms with Gasteiger partial charge in [0.1, 0.15) is 5.75 Å². The highest BCUT2D eigenvalue weighted by molar-refractivity contribution is 14.1. The lowest BCUT2D eigenvalue weighted by molar-refractivity contribution is 0.0596. The van der Waals surface area contributed by atoms with Crippen molar-refractivity contribution in [3.05, 3.63) is 103 Å². The predicted molar refractivity (Wildman–Crippen MR) is 150 cm³/mol. The topological polar surface area (TPSA) is 107 Å². The number of carboxylic acid groups (broad SMARTS) is 1. The number of hydrogen-bond acceptors (Lipinski definition) is 5. The maximum atomic E-state index is 13.4. The number of amides is 2. The van der Waals surface area contributed by atoms with Gasteiger partial charge in [0.2, 0.25) is 0 Å². The van der Waals surface area contributed by atoms with E-state index in [-0.39, 0.29) is 17.9 Å². The molecule has 9 heteroatoms. The lowest BCUT2D eigenvalue weighted by atomic mass is 9.92. The largest absolute Gasteiger partial charge is 0.505 e. The van der Waals surface area contributed by atoms with E-state index in [9.17, 15) is 19.5 Å². The van der Waals surface area contributed by atoms with Crippen molar-refractivity contribution in [3.63, 3.8) is 0 Å². The molecule has 7 nitrogen and oxygen atoms in total. The summed E-state index contributed by atoms with van der Waals surface area (Å²) in [6, 6.07) is 18.7. The number of nitrogens with zero attached hydrogens (tertiary/aromatic N) is 1. The van der Waals surface area contributed by atoms with Crippen LogP contribution in [0.3, 0.4) is 0 Å². The van der Waals surface area contributed by atoms with Crippen molar-refractivity contribution < 1.29 is 24.6 Å². The first-order valence-electron chi connectivity index (χ1n) is 11.4. The van der Waals surface area contributed by atoms with Gasteiger partial charge >= 0.3 is 5.97 Å². The molecular weight excluding hydrogens is 607 g/mol. The van der Waals surface area contributed by atoms with E-state index in [2.05, 4.69) is 5.32 Å². The first-order valence-corrected chi connectivity index (χ1v) is 12.8. The minimum Gasteiger partial charge on any atom is -0.505 e. The van der Waals surface area contributed by atoms with Crippen LogP contribution in [-0.2, 0) is 13.0 Å². The van der Waals surface area contributed by atoms with Crippen molar-refractivity contribution >= 4 is 68.4 Å². The maximum Gasteiger partial charge on any atom is 0.335 e. The molecule has 0 aromatic heterocycles. The van der Waals surface area contributed by atoms with Gasteiger partial charge in [0.25, 0.3) is 11.8 Å². The molecular formula is C28H20ClIN2O5. The highest BCUT2D eigenvalue weighted by Gasteiger charge is 2.33. The molecule has 2 amide bonds. The fourth-order valence-corrected chi connectivity index (χ4v) is 5.57. The molecule has 0 radical (unpaired) electrons. The number of benzene rings is 4. The predicted octanol–water partition coefficient (Wildman–Crippen LogP) is 5.95. The average molecular weight is 627 g/mol. The van der Waals surface area contributed by atoms with E-state index in [1.165, 1.54) is 17.0 Å². The Labute approximate surface area is 230 Å². The second-order valence-electron chi connectivity index (χ2n) is 8.67. The summed E-state index contributed by atoms with van der Waals surface area (Å²) in [7, 11) is 0. The molecule has 1 aliphatic heterocycles. The molecule has 0 bridgehead atoms. The summed E-state index contributed by atoms with van der Waals surface area (Å²) in [6.07, 6.45) is 0.658. The van der Waals surface area contributed by atoms with Gasteiger partial charge in [-0.25, -0.2) is 4.79 Å². The molecule has 0 saturated carbocycles. The SMILES string of the molecule is O=C(O)c1ccc(CN2C(=O)c3cccc4c(NCCc5cc(Cl)c(O)c(I)c5)ccc(c34)C2=O)cc1. The summed E-state index contributed by atoms with van der Waals surface area (Å²) in [4.78, 5) is 39.0. The van der Waals surface area contributed by atoms with Crippen LogP contribution in [0.1, 0.15) is 42.2 Å². The number of nitrogens with one attached hydrogen (secondary N) is 1. The molecule has 4 aromatic rings. The molecule has 0 fully saturated rings. The Bertz CT molecular complexity index is 1540. The molecule has 37 heavy (non-hydrogen) atoms. The smallest absolute Gasteiger partial charge is 0.335 e. The summed E-state index contributed by atoms with van der Waals surface area (Å²) in [5.41, 5.74) is 3.46. The number of carbonyl (C=O) groups excluding carboxylic acids is 2. The van der Waals surface area contributed by atoms with Gasteiger partial charge in [-0.05, 0) is 82.6 Å². The highest BCUT2D eigenvalue weighted by Crippen LogP contribution is 2.35. The van der Waals surface area contributed by atoms with Crippen molar-refractivity contribution in [1.82, 2.24) is 4.90 Å². The van der Waals surface area contributed by atoms with E-state index in [4.69, 9.17) is 16.7 Å². The zero-order chi connectivity index (χ0) is 26.3. The summed E-state index contributed by atoms with van der Waals surface area (Å²) in [6.45, 7) is 0.623. The molecule has 1 aliphatic rings. The standard InChI is InChI=1S/C28H20ClIN2O5/c29-21-12-16(13-22(30)25(21)33)10-11-31-23-9-8-20-24-18(23)2-1-3-19(24)26(34)32(27(20)35)14-15-4-6-17(7-5-15)28(36)37/h1-9,12-13,31,33H,10-11,14H2,(H,36,37).